The van der Waals surface area contributed by atoms with Gasteiger partial charge in [0, 0.05) is 12.1 Å². The van der Waals surface area contributed by atoms with Gasteiger partial charge in [-0.15, -0.1) is 15.3 Å². The van der Waals surface area contributed by atoms with E-state index in [0.717, 1.165) is 34.4 Å². The number of rotatable bonds is 5. The Bertz CT molecular complexity index is 1060. The molecule has 2 aromatic carbocycles. The number of hydrogen-bond acceptors (Lipinski definition) is 5. The number of fused-ring (bicyclic) bond motifs is 1. The summed E-state index contributed by atoms with van der Waals surface area (Å²) in [6.45, 7) is 4.53. The van der Waals surface area contributed by atoms with E-state index in [1.54, 1.807) is 4.52 Å². The van der Waals surface area contributed by atoms with E-state index in [-0.39, 0.29) is 0 Å². The summed E-state index contributed by atoms with van der Waals surface area (Å²) in [6, 6.07) is 19.8. The normalized spacial score (nSPS) is 10.8. The van der Waals surface area contributed by atoms with Gasteiger partial charge in [-0.3, -0.25) is 0 Å². The number of aryl methyl sites for hydroxylation is 2. The molecule has 4 aromatic rings. The SMILES string of the molecule is Cc1cccc(Oc2ccccc2CNc2ccc3nnc(C)n3n2)c1. The Hall–Kier alpha value is -3.41. The van der Waals surface area contributed by atoms with Gasteiger partial charge in [-0.25, -0.2) is 0 Å². The van der Waals surface area contributed by atoms with Crippen molar-refractivity contribution in [1.82, 2.24) is 19.8 Å². The molecule has 0 fully saturated rings. The third-order valence-corrected chi connectivity index (χ3v) is 4.07. The summed E-state index contributed by atoms with van der Waals surface area (Å²) >= 11 is 0. The van der Waals surface area contributed by atoms with Crippen molar-refractivity contribution in [1.29, 1.82) is 0 Å². The smallest absolute Gasteiger partial charge is 0.178 e. The third-order valence-electron chi connectivity index (χ3n) is 4.07. The standard InChI is InChI=1S/C20H19N5O/c1-14-6-5-8-17(12-14)26-18-9-4-3-7-16(18)13-21-19-10-11-20-23-22-15(2)25(20)24-19/h3-12H,13H2,1-2H3,(H,21,24). The quantitative estimate of drug-likeness (QED) is 0.589. The van der Waals surface area contributed by atoms with Crippen LogP contribution in [0.2, 0.25) is 0 Å². The predicted octanol–water partition coefficient (Wildman–Crippen LogP) is 4.15. The van der Waals surface area contributed by atoms with Gasteiger partial charge in [0.05, 0.1) is 0 Å². The van der Waals surface area contributed by atoms with Crippen LogP contribution in [0.4, 0.5) is 5.82 Å². The highest BCUT2D eigenvalue weighted by Gasteiger charge is 2.07. The molecule has 0 saturated carbocycles. The van der Waals surface area contributed by atoms with Crippen LogP contribution in [-0.4, -0.2) is 19.8 Å². The molecule has 6 heteroatoms. The molecule has 130 valence electrons. The monoisotopic (exact) mass is 345 g/mol. The average Bonchev–Trinajstić information content (AvgIpc) is 3.02. The zero-order chi connectivity index (χ0) is 17.9. The molecule has 4 rings (SSSR count). The Kier molecular flexibility index (Phi) is 4.23. The number of hydrogen-bond donors (Lipinski definition) is 1. The Labute approximate surface area is 151 Å². The Morgan fingerprint density at radius 1 is 0.962 bits per heavy atom. The maximum absolute atomic E-state index is 6.07. The highest BCUT2D eigenvalue weighted by molar-refractivity contribution is 5.46. The Morgan fingerprint density at radius 2 is 1.85 bits per heavy atom. The lowest BCUT2D eigenvalue weighted by Crippen LogP contribution is -2.05. The van der Waals surface area contributed by atoms with Crippen molar-refractivity contribution in [3.8, 4) is 11.5 Å². The first-order valence-electron chi connectivity index (χ1n) is 8.44. The topological polar surface area (TPSA) is 64.3 Å². The number of ether oxygens (including phenoxy) is 1. The molecule has 0 atom stereocenters. The van der Waals surface area contributed by atoms with Gasteiger partial charge in [0.1, 0.15) is 17.3 Å². The summed E-state index contributed by atoms with van der Waals surface area (Å²) in [4.78, 5) is 0. The lowest BCUT2D eigenvalue weighted by molar-refractivity contribution is 0.476. The van der Waals surface area contributed by atoms with Gasteiger partial charge in [0.25, 0.3) is 0 Å². The fraction of sp³-hybridized carbons (Fsp3) is 0.150. The van der Waals surface area contributed by atoms with E-state index in [0.29, 0.717) is 6.54 Å². The van der Waals surface area contributed by atoms with Gasteiger partial charge >= 0.3 is 0 Å². The number of para-hydroxylation sites is 1. The van der Waals surface area contributed by atoms with Crippen molar-refractivity contribution in [2.24, 2.45) is 0 Å². The van der Waals surface area contributed by atoms with Crippen LogP contribution in [0.3, 0.4) is 0 Å². The van der Waals surface area contributed by atoms with Crippen LogP contribution >= 0.6 is 0 Å². The third kappa shape index (κ3) is 3.35. The molecule has 6 nitrogen and oxygen atoms in total. The Balaban J connectivity index is 1.53. The minimum Gasteiger partial charge on any atom is -0.457 e. The summed E-state index contributed by atoms with van der Waals surface area (Å²) in [6.07, 6.45) is 0. The van der Waals surface area contributed by atoms with E-state index in [1.165, 1.54) is 5.56 Å². The van der Waals surface area contributed by atoms with Gasteiger partial charge in [-0.2, -0.15) is 4.52 Å². The molecule has 2 heterocycles. The largest absolute Gasteiger partial charge is 0.457 e. The molecule has 1 N–H and O–H groups in total. The first-order valence-corrected chi connectivity index (χ1v) is 8.44. The molecular weight excluding hydrogens is 326 g/mol. The summed E-state index contributed by atoms with van der Waals surface area (Å²) in [5, 5.41) is 15.9. The van der Waals surface area contributed by atoms with Crippen LogP contribution in [0, 0.1) is 13.8 Å². The molecule has 0 aliphatic rings. The van der Waals surface area contributed by atoms with Gasteiger partial charge in [0.2, 0.25) is 0 Å². The molecule has 0 spiro atoms. The average molecular weight is 345 g/mol. The van der Waals surface area contributed by atoms with E-state index in [1.807, 2.05) is 61.5 Å². The fourth-order valence-electron chi connectivity index (χ4n) is 2.73. The predicted molar refractivity (Wildman–Crippen MR) is 101 cm³/mol. The van der Waals surface area contributed by atoms with E-state index in [9.17, 15) is 0 Å². The van der Waals surface area contributed by atoms with E-state index in [2.05, 4.69) is 33.6 Å². The van der Waals surface area contributed by atoms with Crippen LogP contribution in [0.5, 0.6) is 11.5 Å². The maximum Gasteiger partial charge on any atom is 0.178 e. The second-order valence-corrected chi connectivity index (χ2v) is 6.12. The van der Waals surface area contributed by atoms with Crippen molar-refractivity contribution >= 4 is 11.5 Å². The van der Waals surface area contributed by atoms with Crippen molar-refractivity contribution in [2.45, 2.75) is 20.4 Å². The van der Waals surface area contributed by atoms with E-state index < -0.39 is 0 Å². The second-order valence-electron chi connectivity index (χ2n) is 6.12. The van der Waals surface area contributed by atoms with Crippen LogP contribution in [0.25, 0.3) is 5.65 Å². The molecule has 0 bridgehead atoms. The van der Waals surface area contributed by atoms with Gasteiger partial charge < -0.3 is 10.1 Å². The Morgan fingerprint density at radius 3 is 2.73 bits per heavy atom. The molecule has 0 aliphatic carbocycles. The van der Waals surface area contributed by atoms with Crippen molar-refractivity contribution in [3.63, 3.8) is 0 Å². The molecule has 0 saturated heterocycles. The summed E-state index contributed by atoms with van der Waals surface area (Å²) in [5.41, 5.74) is 2.95. The minimum absolute atomic E-state index is 0.599. The van der Waals surface area contributed by atoms with Crippen LogP contribution in [0.1, 0.15) is 17.0 Å². The number of nitrogens with one attached hydrogen (secondary N) is 1. The molecule has 26 heavy (non-hydrogen) atoms. The summed E-state index contributed by atoms with van der Waals surface area (Å²) in [7, 11) is 0. The number of anilines is 1. The second kappa shape index (κ2) is 6.84. The molecule has 0 unspecified atom stereocenters. The van der Waals surface area contributed by atoms with Crippen LogP contribution in [0.15, 0.2) is 60.7 Å². The molecule has 0 radical (unpaired) electrons. The number of benzene rings is 2. The number of nitrogens with zero attached hydrogens (tertiary/aromatic N) is 4. The molecule has 0 aliphatic heterocycles. The fourth-order valence-corrected chi connectivity index (χ4v) is 2.73. The first-order chi connectivity index (χ1) is 12.7. The zero-order valence-electron chi connectivity index (χ0n) is 14.7. The highest BCUT2D eigenvalue weighted by Crippen LogP contribution is 2.26. The molecular formula is C20H19N5O. The van der Waals surface area contributed by atoms with Crippen molar-refractivity contribution in [2.75, 3.05) is 5.32 Å². The van der Waals surface area contributed by atoms with E-state index in [4.69, 9.17) is 4.74 Å². The molecule has 2 aromatic heterocycles. The maximum atomic E-state index is 6.07. The highest BCUT2D eigenvalue weighted by atomic mass is 16.5. The van der Waals surface area contributed by atoms with E-state index >= 15 is 0 Å². The van der Waals surface area contributed by atoms with Crippen LogP contribution < -0.4 is 10.1 Å². The summed E-state index contributed by atoms with van der Waals surface area (Å²) < 4.78 is 7.79. The molecule has 0 amide bonds. The number of aromatic nitrogens is 4. The van der Waals surface area contributed by atoms with Crippen LogP contribution in [-0.2, 0) is 6.54 Å². The lowest BCUT2D eigenvalue weighted by atomic mass is 10.2. The minimum atomic E-state index is 0.599. The van der Waals surface area contributed by atoms with Gasteiger partial charge in [0.15, 0.2) is 11.5 Å². The first kappa shape index (κ1) is 16.1. The van der Waals surface area contributed by atoms with Gasteiger partial charge in [-0.1, -0.05) is 30.3 Å². The van der Waals surface area contributed by atoms with Crippen molar-refractivity contribution in [3.05, 3.63) is 77.6 Å². The van der Waals surface area contributed by atoms with Crippen molar-refractivity contribution < 1.29 is 4.74 Å². The lowest BCUT2D eigenvalue weighted by Gasteiger charge is -2.12. The summed E-state index contributed by atoms with van der Waals surface area (Å²) in [5.74, 6) is 3.17. The van der Waals surface area contributed by atoms with Gasteiger partial charge in [-0.05, 0) is 49.7 Å². The zero-order valence-corrected chi connectivity index (χ0v) is 14.7.